The zero-order chi connectivity index (χ0) is 12.3. The molecule has 0 bridgehead atoms. The predicted molar refractivity (Wildman–Crippen MR) is 71.7 cm³/mol. The lowest BCUT2D eigenvalue weighted by atomic mass is 10.2. The van der Waals surface area contributed by atoms with Crippen LogP contribution >= 0.6 is 22.9 Å². The summed E-state index contributed by atoms with van der Waals surface area (Å²) in [7, 11) is 1.90. The normalized spacial score (nSPS) is 19.5. The van der Waals surface area contributed by atoms with Gasteiger partial charge in [-0.1, -0.05) is 11.6 Å². The van der Waals surface area contributed by atoms with Crippen molar-refractivity contribution < 1.29 is 4.79 Å². The minimum atomic E-state index is 0.225. The van der Waals surface area contributed by atoms with Gasteiger partial charge < -0.3 is 10.2 Å². The van der Waals surface area contributed by atoms with Gasteiger partial charge in [0.25, 0.3) is 0 Å². The van der Waals surface area contributed by atoms with E-state index >= 15 is 0 Å². The van der Waals surface area contributed by atoms with Crippen LogP contribution in [0.25, 0.3) is 0 Å². The number of amides is 1. The number of carbonyl (C=O) groups is 1. The molecule has 3 nitrogen and oxygen atoms in total. The van der Waals surface area contributed by atoms with Gasteiger partial charge in [0.2, 0.25) is 5.91 Å². The van der Waals surface area contributed by atoms with Gasteiger partial charge in [-0.2, -0.15) is 0 Å². The first-order valence-electron chi connectivity index (χ1n) is 5.86. The van der Waals surface area contributed by atoms with Crippen molar-refractivity contribution in [2.24, 2.45) is 0 Å². The SMILES string of the molecule is CN(C(=O)CCc1cc(Cl)cs1)C1CCNC1. The van der Waals surface area contributed by atoms with Gasteiger partial charge in [-0.25, -0.2) is 0 Å². The van der Waals surface area contributed by atoms with Gasteiger partial charge in [-0.05, 0) is 25.5 Å². The van der Waals surface area contributed by atoms with Gasteiger partial charge >= 0.3 is 0 Å². The number of carbonyl (C=O) groups excluding carboxylic acids is 1. The van der Waals surface area contributed by atoms with Crippen molar-refractivity contribution in [3.63, 3.8) is 0 Å². The zero-order valence-electron chi connectivity index (χ0n) is 9.91. The summed E-state index contributed by atoms with van der Waals surface area (Å²) in [6.07, 6.45) is 2.43. The number of halogens is 1. The van der Waals surface area contributed by atoms with Crippen LogP contribution < -0.4 is 5.32 Å². The number of nitrogens with zero attached hydrogens (tertiary/aromatic N) is 1. The van der Waals surface area contributed by atoms with E-state index in [9.17, 15) is 4.79 Å². The standard InChI is InChI=1S/C12H17ClN2OS/c1-15(10-4-5-14-7-10)12(16)3-2-11-6-9(13)8-17-11/h6,8,10,14H,2-5,7H2,1H3. The molecule has 0 aromatic carbocycles. The van der Waals surface area contributed by atoms with E-state index in [1.54, 1.807) is 11.3 Å². The van der Waals surface area contributed by atoms with Crippen molar-refractivity contribution in [2.45, 2.75) is 25.3 Å². The maximum Gasteiger partial charge on any atom is 0.222 e. The second-order valence-corrected chi connectivity index (χ2v) is 5.81. The zero-order valence-corrected chi connectivity index (χ0v) is 11.5. The van der Waals surface area contributed by atoms with Crippen LogP contribution in [-0.4, -0.2) is 37.0 Å². The summed E-state index contributed by atoms with van der Waals surface area (Å²) >= 11 is 7.47. The minimum Gasteiger partial charge on any atom is -0.341 e. The number of rotatable bonds is 4. The maximum absolute atomic E-state index is 12.0. The van der Waals surface area contributed by atoms with Gasteiger partial charge in [0.1, 0.15) is 0 Å². The first-order chi connectivity index (χ1) is 8.16. The van der Waals surface area contributed by atoms with Gasteiger partial charge in [-0.3, -0.25) is 4.79 Å². The van der Waals surface area contributed by atoms with E-state index in [-0.39, 0.29) is 5.91 Å². The highest BCUT2D eigenvalue weighted by Crippen LogP contribution is 2.20. The van der Waals surface area contributed by atoms with Gasteiger partial charge in [0.05, 0.1) is 5.02 Å². The lowest BCUT2D eigenvalue weighted by molar-refractivity contribution is -0.131. The molecule has 0 aliphatic carbocycles. The van der Waals surface area contributed by atoms with Gasteiger partial charge in [0.15, 0.2) is 0 Å². The fraction of sp³-hybridized carbons (Fsp3) is 0.583. The summed E-state index contributed by atoms with van der Waals surface area (Å²) in [5.74, 6) is 0.225. The molecular formula is C12H17ClN2OS. The minimum absolute atomic E-state index is 0.225. The molecule has 94 valence electrons. The number of hydrogen-bond acceptors (Lipinski definition) is 3. The Kier molecular flexibility index (Phi) is 4.42. The molecule has 17 heavy (non-hydrogen) atoms. The molecule has 2 rings (SSSR count). The number of thiophene rings is 1. The predicted octanol–water partition coefficient (Wildman–Crippen LogP) is 2.15. The molecule has 1 unspecified atom stereocenters. The number of hydrogen-bond donors (Lipinski definition) is 1. The highest BCUT2D eigenvalue weighted by atomic mass is 35.5. The Morgan fingerprint density at radius 3 is 3.12 bits per heavy atom. The molecule has 1 saturated heterocycles. The van der Waals surface area contributed by atoms with Crippen LogP contribution in [0.2, 0.25) is 5.02 Å². The molecule has 1 aromatic rings. The average molecular weight is 273 g/mol. The number of aryl methyl sites for hydroxylation is 1. The fourth-order valence-electron chi connectivity index (χ4n) is 2.07. The number of nitrogens with one attached hydrogen (secondary N) is 1. The second-order valence-electron chi connectivity index (χ2n) is 4.38. The Bertz CT molecular complexity index is 388. The molecule has 0 spiro atoms. The van der Waals surface area contributed by atoms with Crippen LogP contribution in [0.15, 0.2) is 11.4 Å². The van der Waals surface area contributed by atoms with Crippen LogP contribution in [-0.2, 0) is 11.2 Å². The molecule has 1 aliphatic heterocycles. The molecule has 1 N–H and O–H groups in total. The molecule has 0 saturated carbocycles. The smallest absolute Gasteiger partial charge is 0.222 e. The monoisotopic (exact) mass is 272 g/mol. The molecule has 1 aliphatic rings. The van der Waals surface area contributed by atoms with E-state index in [4.69, 9.17) is 11.6 Å². The van der Waals surface area contributed by atoms with Crippen LogP contribution in [0.4, 0.5) is 0 Å². The van der Waals surface area contributed by atoms with Crippen molar-refractivity contribution in [3.05, 3.63) is 21.3 Å². The Labute approximate surface area is 111 Å². The Balaban J connectivity index is 1.80. The molecular weight excluding hydrogens is 256 g/mol. The lowest BCUT2D eigenvalue weighted by Gasteiger charge is -2.23. The molecule has 5 heteroatoms. The molecule has 0 radical (unpaired) electrons. The van der Waals surface area contributed by atoms with Crippen molar-refractivity contribution in [3.8, 4) is 0 Å². The molecule has 1 aromatic heterocycles. The summed E-state index contributed by atoms with van der Waals surface area (Å²) in [5.41, 5.74) is 0. The third-order valence-electron chi connectivity index (χ3n) is 3.18. The Morgan fingerprint density at radius 1 is 1.71 bits per heavy atom. The average Bonchev–Trinajstić information content (AvgIpc) is 2.95. The van der Waals surface area contributed by atoms with E-state index in [1.165, 1.54) is 4.88 Å². The highest BCUT2D eigenvalue weighted by Gasteiger charge is 2.22. The van der Waals surface area contributed by atoms with Gasteiger partial charge in [-0.15, -0.1) is 11.3 Å². The fourth-order valence-corrected chi connectivity index (χ4v) is 3.14. The van der Waals surface area contributed by atoms with Crippen molar-refractivity contribution in [1.82, 2.24) is 10.2 Å². The summed E-state index contributed by atoms with van der Waals surface area (Å²) in [4.78, 5) is 15.0. The van der Waals surface area contributed by atoms with E-state index in [2.05, 4.69) is 5.32 Å². The third kappa shape index (κ3) is 3.44. The van der Waals surface area contributed by atoms with Crippen molar-refractivity contribution in [2.75, 3.05) is 20.1 Å². The largest absolute Gasteiger partial charge is 0.341 e. The molecule has 1 amide bonds. The summed E-state index contributed by atoms with van der Waals surface area (Å²) in [6.45, 7) is 1.94. The summed E-state index contributed by atoms with van der Waals surface area (Å²) in [5, 5.41) is 5.95. The van der Waals surface area contributed by atoms with Crippen LogP contribution in [0, 0.1) is 0 Å². The summed E-state index contributed by atoms with van der Waals surface area (Å²) in [6, 6.07) is 2.31. The van der Waals surface area contributed by atoms with E-state index < -0.39 is 0 Å². The Morgan fingerprint density at radius 2 is 2.53 bits per heavy atom. The van der Waals surface area contributed by atoms with Crippen molar-refractivity contribution >= 4 is 28.8 Å². The topological polar surface area (TPSA) is 32.3 Å². The van der Waals surface area contributed by atoms with E-state index in [0.29, 0.717) is 12.5 Å². The van der Waals surface area contributed by atoms with Crippen LogP contribution in [0.5, 0.6) is 0 Å². The highest BCUT2D eigenvalue weighted by molar-refractivity contribution is 7.10. The maximum atomic E-state index is 12.0. The first-order valence-corrected chi connectivity index (χ1v) is 7.12. The quantitative estimate of drug-likeness (QED) is 0.911. The van der Waals surface area contributed by atoms with E-state index in [1.807, 2.05) is 23.4 Å². The Hall–Kier alpha value is -0.580. The third-order valence-corrected chi connectivity index (χ3v) is 4.53. The van der Waals surface area contributed by atoms with Crippen LogP contribution in [0.1, 0.15) is 17.7 Å². The first kappa shape index (κ1) is 12.9. The molecule has 1 fully saturated rings. The van der Waals surface area contributed by atoms with Crippen molar-refractivity contribution in [1.29, 1.82) is 0 Å². The second kappa shape index (κ2) is 5.85. The molecule has 1 atom stereocenters. The summed E-state index contributed by atoms with van der Waals surface area (Å²) < 4.78 is 0. The van der Waals surface area contributed by atoms with Gasteiger partial charge in [0, 0.05) is 36.3 Å². The number of likely N-dealkylation sites (N-methyl/N-ethyl adjacent to an activating group) is 1. The van der Waals surface area contributed by atoms with E-state index in [0.717, 1.165) is 31.0 Å². The van der Waals surface area contributed by atoms with Crippen LogP contribution in [0.3, 0.4) is 0 Å². The molecule has 2 heterocycles. The lowest BCUT2D eigenvalue weighted by Crippen LogP contribution is -2.38.